The maximum Gasteiger partial charge on any atom is 0.255 e. The van der Waals surface area contributed by atoms with Gasteiger partial charge in [-0.1, -0.05) is 0 Å². The van der Waals surface area contributed by atoms with Gasteiger partial charge in [-0.3, -0.25) is 9.59 Å². The van der Waals surface area contributed by atoms with E-state index in [4.69, 9.17) is 4.74 Å². The lowest BCUT2D eigenvalue weighted by molar-refractivity contribution is -0.117. The van der Waals surface area contributed by atoms with Gasteiger partial charge in [0, 0.05) is 38.3 Å². The predicted molar refractivity (Wildman–Crippen MR) is 110 cm³/mol. The van der Waals surface area contributed by atoms with E-state index in [2.05, 4.69) is 5.32 Å². The summed E-state index contributed by atoms with van der Waals surface area (Å²) >= 11 is 0. The van der Waals surface area contributed by atoms with E-state index in [9.17, 15) is 18.0 Å². The number of nitrogens with zero attached hydrogens (tertiary/aromatic N) is 2. The van der Waals surface area contributed by atoms with Crippen LogP contribution < -0.4 is 15.0 Å². The van der Waals surface area contributed by atoms with Gasteiger partial charge >= 0.3 is 0 Å². The number of benzene rings is 2. The van der Waals surface area contributed by atoms with Crippen LogP contribution >= 0.6 is 0 Å². The van der Waals surface area contributed by atoms with Crippen molar-refractivity contribution in [2.75, 3.05) is 38.0 Å². The highest BCUT2D eigenvalue weighted by Crippen LogP contribution is 2.34. The lowest BCUT2D eigenvalue weighted by Crippen LogP contribution is -2.24. The van der Waals surface area contributed by atoms with Crippen molar-refractivity contribution in [3.63, 3.8) is 0 Å². The largest absolute Gasteiger partial charge is 0.495 e. The second-order valence-corrected chi connectivity index (χ2v) is 8.95. The topological polar surface area (TPSA) is 96.0 Å². The zero-order valence-electron chi connectivity index (χ0n) is 16.5. The summed E-state index contributed by atoms with van der Waals surface area (Å²) in [7, 11) is 0.866. The molecule has 1 aliphatic heterocycles. The summed E-state index contributed by atoms with van der Waals surface area (Å²) in [6.45, 7) is 0.606. The van der Waals surface area contributed by atoms with Crippen LogP contribution in [-0.2, 0) is 14.8 Å². The molecule has 0 unspecified atom stereocenters. The normalized spacial score (nSPS) is 14.3. The Balaban J connectivity index is 1.81. The molecule has 0 aliphatic carbocycles. The van der Waals surface area contributed by atoms with Gasteiger partial charge in [0.05, 0.1) is 17.7 Å². The Labute approximate surface area is 170 Å². The Bertz CT molecular complexity index is 1030. The molecular weight excluding hydrogens is 394 g/mol. The highest BCUT2D eigenvalue weighted by molar-refractivity contribution is 7.89. The molecule has 1 fully saturated rings. The van der Waals surface area contributed by atoms with E-state index < -0.39 is 10.0 Å². The summed E-state index contributed by atoms with van der Waals surface area (Å²) < 4.78 is 30.7. The number of rotatable bonds is 6. The Morgan fingerprint density at radius 3 is 2.38 bits per heavy atom. The molecule has 2 aromatic rings. The number of carbonyl (C=O) groups is 2. The quantitative estimate of drug-likeness (QED) is 0.778. The van der Waals surface area contributed by atoms with E-state index in [1.165, 1.54) is 45.5 Å². The second-order valence-electron chi connectivity index (χ2n) is 6.80. The molecule has 8 nitrogen and oxygen atoms in total. The molecule has 1 N–H and O–H groups in total. The number of nitrogens with one attached hydrogen (secondary N) is 1. The van der Waals surface area contributed by atoms with E-state index in [-0.39, 0.29) is 16.7 Å². The van der Waals surface area contributed by atoms with E-state index in [0.717, 1.165) is 10.7 Å². The highest BCUT2D eigenvalue weighted by atomic mass is 32.2. The zero-order valence-corrected chi connectivity index (χ0v) is 17.3. The summed E-state index contributed by atoms with van der Waals surface area (Å²) in [4.78, 5) is 26.4. The van der Waals surface area contributed by atoms with Crippen molar-refractivity contribution in [2.45, 2.75) is 17.7 Å². The first-order valence-corrected chi connectivity index (χ1v) is 10.5. The van der Waals surface area contributed by atoms with Crippen LogP contribution in [0.3, 0.4) is 0 Å². The van der Waals surface area contributed by atoms with Gasteiger partial charge in [-0.15, -0.1) is 0 Å². The van der Waals surface area contributed by atoms with Crippen LogP contribution in [0.15, 0.2) is 47.4 Å². The van der Waals surface area contributed by atoms with Crippen LogP contribution in [0, 0.1) is 0 Å². The van der Waals surface area contributed by atoms with Crippen molar-refractivity contribution < 1.29 is 22.7 Å². The fraction of sp³-hybridized carbons (Fsp3) is 0.300. The minimum absolute atomic E-state index is 0.0180. The van der Waals surface area contributed by atoms with Gasteiger partial charge in [-0.2, -0.15) is 0 Å². The first-order valence-electron chi connectivity index (χ1n) is 9.06. The standard InChI is InChI=1S/C20H23N3O5S/c1-22(2)29(26,27)16-9-6-14(7-10-16)20(25)21-15-8-11-18(28-3)17(13-15)23-12-4-5-19(23)24/h6-11,13H,4-5,12H2,1-3H3,(H,21,25). The summed E-state index contributed by atoms with van der Waals surface area (Å²) in [5, 5.41) is 2.78. The van der Waals surface area contributed by atoms with Crippen molar-refractivity contribution in [2.24, 2.45) is 0 Å². The predicted octanol–water partition coefficient (Wildman–Crippen LogP) is 2.32. The molecule has 2 amide bonds. The molecule has 3 rings (SSSR count). The maximum atomic E-state index is 12.6. The molecule has 0 saturated carbocycles. The van der Waals surface area contributed by atoms with Crippen LogP contribution in [0.25, 0.3) is 0 Å². The van der Waals surface area contributed by atoms with Gasteiger partial charge in [0.1, 0.15) is 5.75 Å². The third-order valence-electron chi connectivity index (χ3n) is 4.70. The van der Waals surface area contributed by atoms with Gasteiger partial charge in [0.15, 0.2) is 0 Å². The Morgan fingerprint density at radius 1 is 1.14 bits per heavy atom. The number of hydrogen-bond acceptors (Lipinski definition) is 5. The molecule has 0 radical (unpaired) electrons. The summed E-state index contributed by atoms with van der Waals surface area (Å²) in [6, 6.07) is 10.8. The van der Waals surface area contributed by atoms with Crippen molar-refractivity contribution in [1.82, 2.24) is 4.31 Å². The molecule has 154 valence electrons. The van der Waals surface area contributed by atoms with Crippen LogP contribution in [0.5, 0.6) is 5.75 Å². The molecule has 2 aromatic carbocycles. The Hall–Kier alpha value is -2.91. The number of carbonyl (C=O) groups excluding carboxylic acids is 2. The van der Waals surface area contributed by atoms with Gasteiger partial charge in [0.2, 0.25) is 15.9 Å². The summed E-state index contributed by atoms with van der Waals surface area (Å²) in [5.74, 6) is 0.184. The summed E-state index contributed by atoms with van der Waals surface area (Å²) in [5.41, 5.74) is 1.44. The number of anilines is 2. The summed E-state index contributed by atoms with van der Waals surface area (Å²) in [6.07, 6.45) is 1.27. The first kappa shape index (κ1) is 20.8. The van der Waals surface area contributed by atoms with Crippen molar-refractivity contribution >= 4 is 33.2 Å². The van der Waals surface area contributed by atoms with Crippen LogP contribution in [0.4, 0.5) is 11.4 Å². The average Bonchev–Trinajstić information content (AvgIpc) is 3.13. The highest BCUT2D eigenvalue weighted by Gasteiger charge is 2.25. The molecule has 0 spiro atoms. The average molecular weight is 417 g/mol. The lowest BCUT2D eigenvalue weighted by Gasteiger charge is -2.20. The van der Waals surface area contributed by atoms with E-state index in [1.807, 2.05) is 0 Å². The smallest absolute Gasteiger partial charge is 0.255 e. The molecule has 0 bridgehead atoms. The molecule has 1 aliphatic rings. The number of hydrogen-bond donors (Lipinski definition) is 1. The molecule has 9 heteroatoms. The van der Waals surface area contributed by atoms with Gasteiger partial charge in [-0.05, 0) is 48.9 Å². The minimum Gasteiger partial charge on any atom is -0.495 e. The van der Waals surface area contributed by atoms with E-state index >= 15 is 0 Å². The number of ether oxygens (including phenoxy) is 1. The van der Waals surface area contributed by atoms with E-state index in [1.54, 1.807) is 23.1 Å². The van der Waals surface area contributed by atoms with Crippen LogP contribution in [-0.4, -0.2) is 52.3 Å². The van der Waals surface area contributed by atoms with Crippen molar-refractivity contribution in [3.05, 3.63) is 48.0 Å². The second kappa shape index (κ2) is 8.22. The Morgan fingerprint density at radius 2 is 1.83 bits per heavy atom. The number of amides is 2. The van der Waals surface area contributed by atoms with Gasteiger partial charge in [0.25, 0.3) is 5.91 Å². The molecule has 29 heavy (non-hydrogen) atoms. The van der Waals surface area contributed by atoms with Gasteiger partial charge in [-0.25, -0.2) is 12.7 Å². The third-order valence-corrected chi connectivity index (χ3v) is 6.53. The fourth-order valence-electron chi connectivity index (χ4n) is 3.07. The van der Waals surface area contributed by atoms with Gasteiger partial charge < -0.3 is 15.0 Å². The third kappa shape index (κ3) is 4.25. The zero-order chi connectivity index (χ0) is 21.2. The molecular formula is C20H23N3O5S. The molecule has 1 saturated heterocycles. The van der Waals surface area contributed by atoms with Crippen LogP contribution in [0.2, 0.25) is 0 Å². The van der Waals surface area contributed by atoms with Crippen LogP contribution in [0.1, 0.15) is 23.2 Å². The molecule has 0 atom stereocenters. The molecule has 0 aromatic heterocycles. The fourth-order valence-corrected chi connectivity index (χ4v) is 3.98. The number of sulfonamides is 1. The van der Waals surface area contributed by atoms with Crippen molar-refractivity contribution in [1.29, 1.82) is 0 Å². The first-order chi connectivity index (χ1) is 13.7. The lowest BCUT2D eigenvalue weighted by atomic mass is 10.2. The maximum absolute atomic E-state index is 12.6. The minimum atomic E-state index is -3.56. The monoisotopic (exact) mass is 417 g/mol. The SMILES string of the molecule is COc1ccc(NC(=O)c2ccc(S(=O)(=O)N(C)C)cc2)cc1N1CCCC1=O. The Kier molecular flexibility index (Phi) is 5.90. The van der Waals surface area contributed by atoms with Crippen molar-refractivity contribution in [3.8, 4) is 5.75 Å². The molecule has 1 heterocycles. The number of methoxy groups -OCH3 is 1. The van der Waals surface area contributed by atoms with E-state index in [0.29, 0.717) is 35.7 Å².